The lowest BCUT2D eigenvalue weighted by atomic mass is 10.2. The van der Waals surface area contributed by atoms with E-state index in [0.29, 0.717) is 28.8 Å². The van der Waals surface area contributed by atoms with Gasteiger partial charge in [-0.05, 0) is 53.9 Å². The number of anilines is 2. The SMILES string of the molecule is COc1ccc(NS(=O)(=O)c2cccc(NC(=O)CCc3nc(-c4ccsc4)no3)c2)cc1. The number of benzene rings is 2. The molecule has 33 heavy (non-hydrogen) atoms. The maximum atomic E-state index is 12.7. The lowest BCUT2D eigenvalue weighted by molar-refractivity contribution is -0.116. The number of aromatic nitrogens is 2. The van der Waals surface area contributed by atoms with Crippen molar-refractivity contribution in [2.75, 3.05) is 17.1 Å². The van der Waals surface area contributed by atoms with Crippen LogP contribution in [0.2, 0.25) is 0 Å². The zero-order chi connectivity index (χ0) is 23.3. The summed E-state index contributed by atoms with van der Waals surface area (Å²) in [6, 6.07) is 14.4. The molecule has 0 unspecified atom stereocenters. The second-order valence-corrected chi connectivity index (χ2v) is 9.40. The predicted molar refractivity (Wildman–Crippen MR) is 125 cm³/mol. The normalized spacial score (nSPS) is 11.2. The van der Waals surface area contributed by atoms with Gasteiger partial charge in [-0.15, -0.1) is 0 Å². The summed E-state index contributed by atoms with van der Waals surface area (Å²) < 4.78 is 38.2. The number of rotatable bonds is 9. The van der Waals surface area contributed by atoms with Gasteiger partial charge in [0.15, 0.2) is 0 Å². The van der Waals surface area contributed by atoms with Gasteiger partial charge in [0.2, 0.25) is 17.6 Å². The van der Waals surface area contributed by atoms with Crippen LogP contribution in [0.1, 0.15) is 12.3 Å². The Morgan fingerprint density at radius 1 is 1.12 bits per heavy atom. The first kappa shape index (κ1) is 22.5. The van der Waals surface area contributed by atoms with Crippen LogP contribution in [0.25, 0.3) is 11.4 Å². The second kappa shape index (κ2) is 9.84. The Kier molecular flexibility index (Phi) is 6.71. The molecular weight excluding hydrogens is 464 g/mol. The van der Waals surface area contributed by atoms with Crippen molar-refractivity contribution in [1.29, 1.82) is 0 Å². The van der Waals surface area contributed by atoms with Gasteiger partial charge >= 0.3 is 0 Å². The van der Waals surface area contributed by atoms with E-state index in [0.717, 1.165) is 5.56 Å². The van der Waals surface area contributed by atoms with E-state index >= 15 is 0 Å². The molecule has 0 saturated carbocycles. The molecule has 9 nitrogen and oxygen atoms in total. The van der Waals surface area contributed by atoms with Crippen LogP contribution in [-0.2, 0) is 21.2 Å². The molecule has 0 atom stereocenters. The van der Waals surface area contributed by atoms with Gasteiger partial charge in [-0.3, -0.25) is 9.52 Å². The fourth-order valence-electron chi connectivity index (χ4n) is 2.92. The maximum Gasteiger partial charge on any atom is 0.261 e. The largest absolute Gasteiger partial charge is 0.497 e. The van der Waals surface area contributed by atoms with Crippen LogP contribution in [0, 0.1) is 0 Å². The standard InChI is InChI=1S/C22H20N4O5S2/c1-30-18-7-5-16(6-8-18)26-33(28,29)19-4-2-3-17(13-19)23-20(27)9-10-21-24-22(25-31-21)15-11-12-32-14-15/h2-8,11-14,26H,9-10H2,1H3,(H,23,27). The van der Waals surface area contributed by atoms with E-state index in [-0.39, 0.29) is 23.6 Å². The monoisotopic (exact) mass is 484 g/mol. The lowest BCUT2D eigenvalue weighted by Gasteiger charge is -2.10. The van der Waals surface area contributed by atoms with E-state index in [2.05, 4.69) is 20.2 Å². The van der Waals surface area contributed by atoms with E-state index in [4.69, 9.17) is 9.26 Å². The van der Waals surface area contributed by atoms with Gasteiger partial charge in [-0.25, -0.2) is 8.42 Å². The number of ether oxygens (including phenoxy) is 1. The number of sulfonamides is 1. The van der Waals surface area contributed by atoms with Crippen LogP contribution in [-0.4, -0.2) is 31.6 Å². The molecule has 2 N–H and O–H groups in total. The van der Waals surface area contributed by atoms with Crippen molar-refractivity contribution in [3.05, 3.63) is 71.2 Å². The minimum atomic E-state index is -3.84. The summed E-state index contributed by atoms with van der Waals surface area (Å²) in [5, 5.41) is 10.4. The molecule has 0 fully saturated rings. The van der Waals surface area contributed by atoms with Crippen LogP contribution < -0.4 is 14.8 Å². The number of thiophene rings is 1. The Labute approximate surface area is 194 Å². The van der Waals surface area contributed by atoms with Gasteiger partial charge in [-0.2, -0.15) is 16.3 Å². The first-order chi connectivity index (χ1) is 15.9. The van der Waals surface area contributed by atoms with E-state index in [1.165, 1.54) is 30.6 Å². The Hall–Kier alpha value is -3.70. The van der Waals surface area contributed by atoms with Gasteiger partial charge in [0.1, 0.15) is 5.75 Å². The highest BCUT2D eigenvalue weighted by atomic mass is 32.2. The third-order valence-corrected chi connectivity index (χ3v) is 6.65. The Bertz CT molecular complexity index is 1330. The summed E-state index contributed by atoms with van der Waals surface area (Å²) in [6.07, 6.45) is 0.367. The van der Waals surface area contributed by atoms with E-state index in [1.807, 2.05) is 16.8 Å². The summed E-state index contributed by atoms with van der Waals surface area (Å²) >= 11 is 1.53. The average molecular weight is 485 g/mol. The lowest BCUT2D eigenvalue weighted by Crippen LogP contribution is -2.15. The van der Waals surface area contributed by atoms with E-state index in [9.17, 15) is 13.2 Å². The average Bonchev–Trinajstić information content (AvgIpc) is 3.50. The molecule has 2 heterocycles. The molecule has 0 aliphatic heterocycles. The third kappa shape index (κ3) is 5.76. The molecular formula is C22H20N4O5S2. The Morgan fingerprint density at radius 3 is 2.67 bits per heavy atom. The molecule has 0 radical (unpaired) electrons. The number of hydrogen-bond donors (Lipinski definition) is 2. The Morgan fingerprint density at radius 2 is 1.94 bits per heavy atom. The summed E-state index contributed by atoms with van der Waals surface area (Å²) in [5.41, 5.74) is 1.62. The number of methoxy groups -OCH3 is 1. The molecule has 2 aromatic heterocycles. The molecule has 11 heteroatoms. The van der Waals surface area contributed by atoms with Crippen molar-refractivity contribution in [2.45, 2.75) is 17.7 Å². The Balaban J connectivity index is 1.36. The quantitative estimate of drug-likeness (QED) is 0.365. The van der Waals surface area contributed by atoms with Crippen molar-refractivity contribution >= 4 is 38.6 Å². The zero-order valence-corrected chi connectivity index (χ0v) is 19.2. The molecule has 4 rings (SSSR count). The molecule has 4 aromatic rings. The van der Waals surface area contributed by atoms with Crippen LogP contribution in [0.5, 0.6) is 5.75 Å². The molecule has 0 aliphatic rings. The van der Waals surface area contributed by atoms with Crippen LogP contribution in [0.3, 0.4) is 0 Å². The number of amides is 1. The first-order valence-corrected chi connectivity index (χ1v) is 12.3. The van der Waals surface area contributed by atoms with Crippen molar-refractivity contribution in [3.8, 4) is 17.1 Å². The highest BCUT2D eigenvalue weighted by molar-refractivity contribution is 7.92. The number of carbonyl (C=O) groups excluding carboxylic acids is 1. The molecule has 170 valence electrons. The summed E-state index contributed by atoms with van der Waals surface area (Å²) in [4.78, 5) is 16.7. The van der Waals surface area contributed by atoms with Gasteiger partial charge in [0.25, 0.3) is 10.0 Å². The highest BCUT2D eigenvalue weighted by Crippen LogP contribution is 2.22. The first-order valence-electron chi connectivity index (χ1n) is 9.85. The highest BCUT2D eigenvalue weighted by Gasteiger charge is 2.16. The predicted octanol–water partition coefficient (Wildman–Crippen LogP) is 4.18. The van der Waals surface area contributed by atoms with Crippen LogP contribution in [0.4, 0.5) is 11.4 Å². The number of carbonyl (C=O) groups is 1. The van der Waals surface area contributed by atoms with Crippen molar-refractivity contribution in [3.63, 3.8) is 0 Å². The van der Waals surface area contributed by atoms with Crippen molar-refractivity contribution in [2.24, 2.45) is 0 Å². The van der Waals surface area contributed by atoms with Crippen LogP contribution >= 0.6 is 11.3 Å². The molecule has 2 aromatic carbocycles. The summed E-state index contributed by atoms with van der Waals surface area (Å²) in [6.45, 7) is 0. The number of hydrogen-bond acceptors (Lipinski definition) is 8. The third-order valence-electron chi connectivity index (χ3n) is 4.58. The van der Waals surface area contributed by atoms with Gasteiger partial charge in [0, 0.05) is 35.2 Å². The number of nitrogens with one attached hydrogen (secondary N) is 2. The van der Waals surface area contributed by atoms with Gasteiger partial charge in [-0.1, -0.05) is 11.2 Å². The number of aryl methyl sites for hydroxylation is 1. The van der Waals surface area contributed by atoms with Crippen molar-refractivity contribution in [1.82, 2.24) is 10.1 Å². The van der Waals surface area contributed by atoms with Crippen LogP contribution in [0.15, 0.2) is 74.8 Å². The van der Waals surface area contributed by atoms with Gasteiger partial charge < -0.3 is 14.6 Å². The minimum Gasteiger partial charge on any atom is -0.497 e. The second-order valence-electron chi connectivity index (χ2n) is 6.93. The summed E-state index contributed by atoms with van der Waals surface area (Å²) in [7, 11) is -2.31. The maximum absolute atomic E-state index is 12.7. The minimum absolute atomic E-state index is 0.0217. The smallest absolute Gasteiger partial charge is 0.261 e. The molecule has 0 saturated heterocycles. The fraction of sp³-hybridized carbons (Fsp3) is 0.136. The number of nitrogens with zero attached hydrogens (tertiary/aromatic N) is 2. The van der Waals surface area contributed by atoms with E-state index in [1.54, 1.807) is 36.4 Å². The van der Waals surface area contributed by atoms with E-state index < -0.39 is 10.0 Å². The molecule has 1 amide bonds. The van der Waals surface area contributed by atoms with Crippen molar-refractivity contribution < 1.29 is 22.5 Å². The molecule has 0 spiro atoms. The zero-order valence-electron chi connectivity index (χ0n) is 17.5. The molecule has 0 bridgehead atoms. The fourth-order valence-corrected chi connectivity index (χ4v) is 4.66. The molecule has 0 aliphatic carbocycles. The van der Waals surface area contributed by atoms with Gasteiger partial charge in [0.05, 0.1) is 12.0 Å². The summed E-state index contributed by atoms with van der Waals surface area (Å²) in [5.74, 6) is 1.15. The topological polar surface area (TPSA) is 123 Å².